The van der Waals surface area contributed by atoms with Crippen LogP contribution in [0.3, 0.4) is 0 Å². The lowest BCUT2D eigenvalue weighted by Gasteiger charge is -2.41. The highest BCUT2D eigenvalue weighted by Crippen LogP contribution is 2.38. The summed E-state index contributed by atoms with van der Waals surface area (Å²) in [6.45, 7) is 25.9. The predicted molar refractivity (Wildman–Crippen MR) is 294 cm³/mol. The van der Waals surface area contributed by atoms with Gasteiger partial charge in [-0.3, -0.25) is 38.5 Å². The maximum absolute atomic E-state index is 14.7. The first-order valence-corrected chi connectivity index (χ1v) is 28.1. The fourth-order valence-electron chi connectivity index (χ4n) is 11.5. The third-order valence-electron chi connectivity index (χ3n) is 17.2. The minimum Gasteiger partial charge on any atom is -0.480 e. The molecule has 2 saturated heterocycles. The van der Waals surface area contributed by atoms with Gasteiger partial charge < -0.3 is 39.9 Å². The van der Waals surface area contributed by atoms with E-state index in [2.05, 4.69) is 57.0 Å². The van der Waals surface area contributed by atoms with Gasteiger partial charge in [0.1, 0.15) is 18.1 Å². The van der Waals surface area contributed by atoms with E-state index in [1.54, 1.807) is 30.8 Å². The number of nitrogens with zero attached hydrogens (tertiary/aromatic N) is 4. The van der Waals surface area contributed by atoms with Crippen LogP contribution in [0.4, 0.5) is 0 Å². The molecule has 2 aliphatic heterocycles. The number of carboxylic acids is 1. The van der Waals surface area contributed by atoms with Crippen LogP contribution in [0, 0.1) is 41.4 Å². The molecular formula is C57H96N6O11S. The highest BCUT2D eigenvalue weighted by Gasteiger charge is 2.47. The first-order valence-electron chi connectivity index (χ1n) is 27.7. The third kappa shape index (κ3) is 16.1. The Bertz CT molecular complexity index is 2090. The number of likely N-dealkylation sites (tertiary alicyclic amines) is 2. The number of ether oxygens (including phenoxy) is 2. The number of thiol groups is 1. The maximum Gasteiger partial charge on any atom is 0.326 e. The highest BCUT2D eigenvalue weighted by atomic mass is 32.1. The molecule has 0 radical (unpaired) electrons. The molecule has 4 unspecified atom stereocenters. The van der Waals surface area contributed by atoms with Gasteiger partial charge in [-0.2, -0.15) is 12.6 Å². The number of amides is 7. The van der Waals surface area contributed by atoms with E-state index in [1.165, 1.54) is 35.2 Å². The van der Waals surface area contributed by atoms with Crippen LogP contribution in [0.25, 0.3) is 0 Å². The SMILES string of the molecule is CC[C@H](C)[C@@H]([C@@H](CC(=O)N1CCC[C@H]1[C@H](OC)[C@@H](C)C(=O)N[C@@H](CC1=CC(C)C(C)=C(C)C1C)C(=O)O)OC)N(C)C(=O)[C@@H](NC(=O)[C@H](C(C)C)N(C)C(=O)CCCCCN1C(=O)CC(C(C)(S)CC)C1=O)C(C)C. The number of imide groups is 1. The largest absolute Gasteiger partial charge is 0.480 e. The Labute approximate surface area is 454 Å². The van der Waals surface area contributed by atoms with Gasteiger partial charge in [-0.05, 0) is 88.9 Å². The Hall–Kier alpha value is -4.29. The van der Waals surface area contributed by atoms with Crippen LogP contribution in [-0.4, -0.2) is 161 Å². The van der Waals surface area contributed by atoms with E-state index < -0.39 is 76.8 Å². The van der Waals surface area contributed by atoms with E-state index in [-0.39, 0.29) is 91.4 Å². The standard InChI is InChI=1S/C57H96N6O11S/c1-18-34(7)50(44(73-16)31-47(66)62-27-23-24-43(62)51(74-17)39(12)52(67)58-42(56(71)72)29-40-28-35(8)36(9)37(10)38(40)11)61(15)55(70)48(32(3)4)59-53(68)49(33(5)6)60(14)45(64)25-21-20-22-26-63-46(65)30-41(54(63)69)57(13,75)19-2/h28,32-35,38-39,41-44,48-51,75H,18-27,29-31H2,1-17H3,(H,58,67)(H,59,68)(H,71,72)/t34-,35?,38?,39+,41?,42-,43-,44+,48-,49-,50-,51+,57?/m0/s1. The molecule has 2 heterocycles. The minimum absolute atomic E-state index is 0.0534. The zero-order valence-corrected chi connectivity index (χ0v) is 49.5. The Morgan fingerprint density at radius 2 is 1.53 bits per heavy atom. The second-order valence-corrected chi connectivity index (χ2v) is 23.9. The molecule has 0 aromatic heterocycles. The van der Waals surface area contributed by atoms with Crippen molar-refractivity contribution < 1.29 is 52.9 Å². The summed E-state index contributed by atoms with van der Waals surface area (Å²) in [6, 6.07) is -4.08. The van der Waals surface area contributed by atoms with Gasteiger partial charge in [0.2, 0.25) is 41.4 Å². The summed E-state index contributed by atoms with van der Waals surface area (Å²) >= 11 is 4.65. The lowest BCUT2D eigenvalue weighted by Crippen LogP contribution is -2.60. The number of aliphatic carboxylic acids is 1. The molecule has 18 heteroatoms. The Morgan fingerprint density at radius 1 is 0.893 bits per heavy atom. The van der Waals surface area contributed by atoms with Crippen molar-refractivity contribution in [2.75, 3.05) is 41.4 Å². The number of methoxy groups -OCH3 is 2. The van der Waals surface area contributed by atoms with Gasteiger partial charge in [0, 0.05) is 59.0 Å². The lowest BCUT2D eigenvalue weighted by molar-refractivity contribution is -0.149. The van der Waals surface area contributed by atoms with Gasteiger partial charge in [-0.1, -0.05) is 105 Å². The van der Waals surface area contributed by atoms with E-state index in [0.717, 1.165) is 5.57 Å². The van der Waals surface area contributed by atoms with Crippen LogP contribution in [-0.2, 0) is 47.8 Å². The number of hydrogen-bond acceptors (Lipinski definition) is 11. The lowest BCUT2D eigenvalue weighted by atomic mass is 9.77. The summed E-state index contributed by atoms with van der Waals surface area (Å²) < 4.78 is 11.5. The summed E-state index contributed by atoms with van der Waals surface area (Å²) in [6.07, 6.45) is 5.19. The number of rotatable bonds is 29. The number of likely N-dealkylation sites (N-methyl/N-ethyl adjacent to an activating group) is 2. The number of carbonyl (C=O) groups is 8. The molecule has 0 bridgehead atoms. The average molecular weight is 1070 g/mol. The van der Waals surface area contributed by atoms with Gasteiger partial charge in [-0.25, -0.2) is 4.79 Å². The molecule has 3 aliphatic rings. The molecule has 17 nitrogen and oxygen atoms in total. The van der Waals surface area contributed by atoms with Crippen molar-refractivity contribution in [1.82, 2.24) is 30.2 Å². The van der Waals surface area contributed by atoms with Crippen LogP contribution in [0.2, 0.25) is 0 Å². The maximum atomic E-state index is 14.7. The number of carboxylic acid groups (broad SMARTS) is 1. The molecule has 3 N–H and O–H groups in total. The topological polar surface area (TPSA) is 212 Å². The van der Waals surface area contributed by atoms with Crippen molar-refractivity contribution in [1.29, 1.82) is 0 Å². The van der Waals surface area contributed by atoms with Crippen molar-refractivity contribution in [2.24, 2.45) is 41.4 Å². The summed E-state index contributed by atoms with van der Waals surface area (Å²) in [5.74, 6) is -5.14. The van der Waals surface area contributed by atoms with Gasteiger partial charge in [0.05, 0.1) is 42.5 Å². The Morgan fingerprint density at radius 3 is 2.08 bits per heavy atom. The average Bonchev–Trinajstić information content (AvgIpc) is 3.96. The van der Waals surface area contributed by atoms with Gasteiger partial charge in [0.15, 0.2) is 0 Å². The molecule has 75 heavy (non-hydrogen) atoms. The molecule has 0 aromatic rings. The van der Waals surface area contributed by atoms with E-state index in [0.29, 0.717) is 51.5 Å². The zero-order valence-electron chi connectivity index (χ0n) is 48.6. The summed E-state index contributed by atoms with van der Waals surface area (Å²) in [7, 11) is 6.26. The van der Waals surface area contributed by atoms with Gasteiger partial charge in [-0.15, -0.1) is 0 Å². The van der Waals surface area contributed by atoms with Crippen LogP contribution in [0.5, 0.6) is 0 Å². The fraction of sp³-hybridized carbons (Fsp3) is 0.789. The van der Waals surface area contributed by atoms with E-state index in [9.17, 15) is 43.5 Å². The number of allylic oxidation sites excluding steroid dienone is 3. The fourth-order valence-corrected chi connectivity index (χ4v) is 11.7. The highest BCUT2D eigenvalue weighted by molar-refractivity contribution is 7.81. The molecule has 13 atom stereocenters. The number of hydrogen-bond donors (Lipinski definition) is 4. The second kappa shape index (κ2) is 28.9. The van der Waals surface area contributed by atoms with Gasteiger partial charge >= 0.3 is 5.97 Å². The van der Waals surface area contributed by atoms with Crippen molar-refractivity contribution in [3.05, 3.63) is 22.8 Å². The van der Waals surface area contributed by atoms with Crippen LogP contribution < -0.4 is 10.6 Å². The molecule has 0 aromatic carbocycles. The van der Waals surface area contributed by atoms with Gasteiger partial charge in [0.25, 0.3) is 0 Å². The molecule has 2 fully saturated rings. The number of unbranched alkanes of at least 4 members (excludes halogenated alkanes) is 2. The second-order valence-electron chi connectivity index (χ2n) is 22.9. The van der Waals surface area contributed by atoms with Crippen molar-refractivity contribution in [2.45, 2.75) is 208 Å². The smallest absolute Gasteiger partial charge is 0.326 e. The van der Waals surface area contributed by atoms with E-state index in [1.807, 2.05) is 55.4 Å². The van der Waals surface area contributed by atoms with Crippen molar-refractivity contribution in [3.8, 4) is 0 Å². The normalized spacial score (nSPS) is 23.2. The number of nitrogens with one attached hydrogen (secondary N) is 2. The van der Waals surface area contributed by atoms with Crippen LogP contribution >= 0.6 is 12.6 Å². The first kappa shape index (κ1) is 65.0. The monoisotopic (exact) mass is 1070 g/mol. The first-order chi connectivity index (χ1) is 35.0. The summed E-state index contributed by atoms with van der Waals surface area (Å²) in [5.41, 5.74) is 3.44. The van der Waals surface area contributed by atoms with Crippen LogP contribution in [0.1, 0.15) is 161 Å². The molecule has 7 amide bonds. The molecule has 3 rings (SSSR count). The Balaban J connectivity index is 1.70. The zero-order chi connectivity index (χ0) is 57.0. The Kier molecular flexibility index (Phi) is 25.0. The summed E-state index contributed by atoms with van der Waals surface area (Å²) in [4.78, 5) is 115. The van der Waals surface area contributed by atoms with E-state index in [4.69, 9.17) is 9.47 Å². The molecule has 426 valence electrons. The van der Waals surface area contributed by atoms with E-state index >= 15 is 0 Å². The third-order valence-corrected chi connectivity index (χ3v) is 17.8. The molecule has 0 spiro atoms. The van der Waals surface area contributed by atoms with Crippen LogP contribution in [0.15, 0.2) is 22.8 Å². The summed E-state index contributed by atoms with van der Waals surface area (Å²) in [5, 5.41) is 16.0. The molecule has 0 saturated carbocycles. The predicted octanol–water partition coefficient (Wildman–Crippen LogP) is 7.07. The molecule has 1 aliphatic carbocycles. The van der Waals surface area contributed by atoms with Crippen molar-refractivity contribution in [3.63, 3.8) is 0 Å². The molecular weight excluding hydrogens is 977 g/mol. The quantitative estimate of drug-likeness (QED) is 0.0258. The van der Waals surface area contributed by atoms with Crippen molar-refractivity contribution >= 4 is 59.9 Å². The minimum atomic E-state index is -1.15. The number of carbonyl (C=O) groups excluding carboxylic acids is 7.